The van der Waals surface area contributed by atoms with E-state index in [2.05, 4.69) is 97.1 Å². The van der Waals surface area contributed by atoms with Gasteiger partial charge in [0.25, 0.3) is 0 Å². The first-order chi connectivity index (χ1) is 23.3. The highest BCUT2D eigenvalue weighted by atomic mass is 16.3. The predicted molar refractivity (Wildman–Crippen MR) is 192 cm³/mol. The van der Waals surface area contributed by atoms with Crippen LogP contribution < -0.4 is 0 Å². The largest absolute Gasteiger partial charge is 0.456 e. The lowest BCUT2D eigenvalue weighted by Crippen LogP contribution is -2.00. The Morgan fingerprint density at radius 2 is 0.872 bits per heavy atom. The van der Waals surface area contributed by atoms with E-state index >= 15 is 0 Å². The Morgan fingerprint density at radius 1 is 0.340 bits per heavy atom. The van der Waals surface area contributed by atoms with Crippen LogP contribution in [0.15, 0.2) is 168 Å². The highest BCUT2D eigenvalue weighted by Gasteiger charge is 2.18. The summed E-state index contributed by atoms with van der Waals surface area (Å²) in [5.74, 6) is 1.86. The van der Waals surface area contributed by atoms with Gasteiger partial charge in [0.15, 0.2) is 17.5 Å². The molecule has 0 bridgehead atoms. The van der Waals surface area contributed by atoms with Crippen LogP contribution in [0.3, 0.4) is 0 Å². The van der Waals surface area contributed by atoms with Crippen LogP contribution in [0.1, 0.15) is 0 Å². The molecule has 0 radical (unpaired) electrons. The number of fused-ring (bicyclic) bond motifs is 4. The normalized spacial score (nSPS) is 11.4. The van der Waals surface area contributed by atoms with E-state index in [0.29, 0.717) is 17.5 Å². The minimum absolute atomic E-state index is 0.610. The molecule has 0 aliphatic heterocycles. The Hall–Kier alpha value is -6.39. The van der Waals surface area contributed by atoms with E-state index < -0.39 is 0 Å². The third-order valence-corrected chi connectivity index (χ3v) is 8.73. The van der Waals surface area contributed by atoms with Gasteiger partial charge in [-0.15, -0.1) is 0 Å². The molecule has 0 aliphatic carbocycles. The van der Waals surface area contributed by atoms with Crippen LogP contribution in [-0.2, 0) is 0 Å². The molecule has 0 fully saturated rings. The number of rotatable bonds is 5. The van der Waals surface area contributed by atoms with Crippen LogP contribution in [-0.4, -0.2) is 15.0 Å². The third-order valence-electron chi connectivity index (χ3n) is 8.73. The van der Waals surface area contributed by atoms with Gasteiger partial charge in [0.1, 0.15) is 11.2 Å². The van der Waals surface area contributed by atoms with Crippen molar-refractivity contribution < 1.29 is 4.42 Å². The topological polar surface area (TPSA) is 51.8 Å². The maximum absolute atomic E-state index is 6.20. The molecule has 0 spiro atoms. The van der Waals surface area contributed by atoms with Crippen molar-refractivity contribution in [3.63, 3.8) is 0 Å². The number of aromatic nitrogens is 3. The fourth-order valence-corrected chi connectivity index (χ4v) is 6.35. The molecule has 47 heavy (non-hydrogen) atoms. The van der Waals surface area contributed by atoms with Crippen molar-refractivity contribution in [2.75, 3.05) is 0 Å². The van der Waals surface area contributed by atoms with E-state index in [1.165, 1.54) is 16.7 Å². The summed E-state index contributed by atoms with van der Waals surface area (Å²) in [6.07, 6.45) is 0. The zero-order chi connectivity index (χ0) is 31.2. The van der Waals surface area contributed by atoms with Gasteiger partial charge in [0.2, 0.25) is 0 Å². The van der Waals surface area contributed by atoms with E-state index in [0.717, 1.165) is 55.0 Å². The second-order valence-corrected chi connectivity index (χ2v) is 11.7. The van der Waals surface area contributed by atoms with Crippen LogP contribution in [0.5, 0.6) is 0 Å². The molecule has 7 aromatic carbocycles. The molecule has 9 aromatic rings. The van der Waals surface area contributed by atoms with Gasteiger partial charge in [-0.05, 0) is 57.3 Å². The zero-order valence-electron chi connectivity index (χ0n) is 25.3. The number of furan rings is 1. The van der Waals surface area contributed by atoms with Crippen LogP contribution in [0, 0.1) is 0 Å². The molecule has 0 N–H and O–H groups in total. The molecule has 9 rings (SSSR count). The molecule has 2 aromatic heterocycles. The Kier molecular flexibility index (Phi) is 6.43. The summed E-state index contributed by atoms with van der Waals surface area (Å²) < 4.78 is 6.20. The lowest BCUT2D eigenvalue weighted by Gasteiger charge is -2.10. The molecule has 4 nitrogen and oxygen atoms in total. The first-order valence-electron chi connectivity index (χ1n) is 15.7. The lowest BCUT2D eigenvalue weighted by molar-refractivity contribution is 0.669. The Bertz CT molecular complexity index is 2550. The van der Waals surface area contributed by atoms with Gasteiger partial charge >= 0.3 is 0 Å². The van der Waals surface area contributed by atoms with Crippen molar-refractivity contribution in [2.45, 2.75) is 0 Å². The second kappa shape index (κ2) is 11.2. The average Bonchev–Trinajstić information content (AvgIpc) is 3.54. The standard InChI is InChI=1S/C43H27N3O/c1-3-10-28(11-4-1)29-18-20-30(21-19-29)33-24-22-31-23-25-34(27-35(31)26-33)42-44-41(32-12-5-2-6-13-32)45-43(46-42)37-15-9-17-39-40(37)36-14-7-8-16-38(36)47-39/h1-27H. The van der Waals surface area contributed by atoms with E-state index in [1.54, 1.807) is 0 Å². The highest BCUT2D eigenvalue weighted by Crippen LogP contribution is 2.37. The van der Waals surface area contributed by atoms with Crippen LogP contribution in [0.4, 0.5) is 0 Å². The first kappa shape index (κ1) is 27.0. The summed E-state index contributed by atoms with van der Waals surface area (Å²) in [7, 11) is 0. The van der Waals surface area contributed by atoms with E-state index in [1.807, 2.05) is 66.7 Å². The van der Waals surface area contributed by atoms with Crippen molar-refractivity contribution in [2.24, 2.45) is 0 Å². The molecule has 0 amide bonds. The van der Waals surface area contributed by atoms with Gasteiger partial charge in [-0.1, -0.05) is 140 Å². The maximum Gasteiger partial charge on any atom is 0.164 e. The number of benzene rings is 7. The van der Waals surface area contributed by atoms with Crippen molar-refractivity contribution in [3.05, 3.63) is 164 Å². The minimum Gasteiger partial charge on any atom is -0.456 e. The molecule has 0 saturated carbocycles. The molecule has 4 heteroatoms. The monoisotopic (exact) mass is 601 g/mol. The number of nitrogens with zero attached hydrogens (tertiary/aromatic N) is 3. The minimum atomic E-state index is 0.610. The molecular weight excluding hydrogens is 574 g/mol. The fraction of sp³-hybridized carbons (Fsp3) is 0. The van der Waals surface area contributed by atoms with E-state index in [9.17, 15) is 0 Å². The summed E-state index contributed by atoms with van der Waals surface area (Å²) in [5.41, 5.74) is 9.18. The van der Waals surface area contributed by atoms with Gasteiger partial charge in [0, 0.05) is 27.5 Å². The SMILES string of the molecule is c1ccc(-c2ccc(-c3ccc4ccc(-c5nc(-c6ccccc6)nc(-c6cccc7oc8ccccc8c67)n5)cc4c3)cc2)cc1. The molecule has 0 saturated heterocycles. The molecule has 0 atom stereocenters. The quantitative estimate of drug-likeness (QED) is 0.197. The second-order valence-electron chi connectivity index (χ2n) is 11.7. The van der Waals surface area contributed by atoms with E-state index in [-0.39, 0.29) is 0 Å². The third kappa shape index (κ3) is 4.93. The molecular formula is C43H27N3O. The molecule has 0 aliphatic rings. The van der Waals surface area contributed by atoms with Gasteiger partial charge in [-0.3, -0.25) is 0 Å². The van der Waals surface area contributed by atoms with Crippen molar-refractivity contribution in [1.82, 2.24) is 15.0 Å². The van der Waals surface area contributed by atoms with Gasteiger partial charge in [-0.2, -0.15) is 0 Å². The Morgan fingerprint density at radius 3 is 1.64 bits per heavy atom. The number of hydrogen-bond donors (Lipinski definition) is 0. The van der Waals surface area contributed by atoms with Gasteiger partial charge in [-0.25, -0.2) is 15.0 Å². The Labute approximate surface area is 271 Å². The van der Waals surface area contributed by atoms with E-state index in [4.69, 9.17) is 19.4 Å². The van der Waals surface area contributed by atoms with Crippen LogP contribution >= 0.6 is 0 Å². The smallest absolute Gasteiger partial charge is 0.164 e. The summed E-state index contributed by atoms with van der Waals surface area (Å²) in [6.45, 7) is 0. The summed E-state index contributed by atoms with van der Waals surface area (Å²) in [4.78, 5) is 15.1. The molecule has 2 heterocycles. The maximum atomic E-state index is 6.20. The van der Waals surface area contributed by atoms with Gasteiger partial charge in [0.05, 0.1) is 0 Å². The van der Waals surface area contributed by atoms with Crippen molar-refractivity contribution in [1.29, 1.82) is 0 Å². The molecule has 220 valence electrons. The van der Waals surface area contributed by atoms with Crippen molar-refractivity contribution >= 4 is 32.7 Å². The number of hydrogen-bond acceptors (Lipinski definition) is 4. The zero-order valence-corrected chi connectivity index (χ0v) is 25.3. The molecule has 0 unspecified atom stereocenters. The van der Waals surface area contributed by atoms with Gasteiger partial charge < -0.3 is 4.42 Å². The lowest BCUT2D eigenvalue weighted by atomic mass is 9.97. The fourth-order valence-electron chi connectivity index (χ4n) is 6.35. The first-order valence-corrected chi connectivity index (χ1v) is 15.7. The van der Waals surface area contributed by atoms with Crippen LogP contribution in [0.25, 0.3) is 89.1 Å². The summed E-state index contributed by atoms with van der Waals surface area (Å²) >= 11 is 0. The highest BCUT2D eigenvalue weighted by molar-refractivity contribution is 6.11. The Balaban J connectivity index is 1.17. The summed E-state index contributed by atoms with van der Waals surface area (Å²) in [5, 5.41) is 4.32. The van der Waals surface area contributed by atoms with Crippen molar-refractivity contribution in [3.8, 4) is 56.4 Å². The van der Waals surface area contributed by atoms with Crippen LogP contribution in [0.2, 0.25) is 0 Å². The summed E-state index contributed by atoms with van der Waals surface area (Å²) in [6, 6.07) is 56.5. The average molecular weight is 602 g/mol. The predicted octanol–water partition coefficient (Wildman–Crippen LogP) is 11.3. The number of para-hydroxylation sites is 1.